The van der Waals surface area contributed by atoms with Crippen molar-refractivity contribution in [2.24, 2.45) is 5.73 Å². The maximum absolute atomic E-state index is 6.26. The molecule has 0 aliphatic carbocycles. The van der Waals surface area contributed by atoms with E-state index < -0.39 is 0 Å². The van der Waals surface area contributed by atoms with Crippen molar-refractivity contribution in [1.29, 1.82) is 0 Å². The molecule has 2 aromatic carbocycles. The molecule has 1 nitrogen and oxygen atoms in total. The van der Waals surface area contributed by atoms with Gasteiger partial charge in [0.05, 0.1) is 0 Å². The zero-order chi connectivity index (χ0) is 12.1. The van der Waals surface area contributed by atoms with Crippen molar-refractivity contribution >= 4 is 11.6 Å². The van der Waals surface area contributed by atoms with Gasteiger partial charge in [0, 0.05) is 10.9 Å². The Labute approximate surface area is 107 Å². The van der Waals surface area contributed by atoms with Crippen LogP contribution < -0.4 is 5.73 Å². The molecular weight excluding hydrogens is 230 g/mol. The Bertz CT molecular complexity index is 467. The minimum absolute atomic E-state index is 0.287. The zero-order valence-electron chi connectivity index (χ0n) is 9.64. The minimum Gasteiger partial charge on any atom is -0.330 e. The van der Waals surface area contributed by atoms with E-state index in [0.717, 1.165) is 17.0 Å². The predicted molar refractivity (Wildman–Crippen MR) is 73.4 cm³/mol. The first-order valence-electron chi connectivity index (χ1n) is 5.82. The quantitative estimate of drug-likeness (QED) is 0.871. The van der Waals surface area contributed by atoms with Gasteiger partial charge in [-0.25, -0.2) is 0 Å². The van der Waals surface area contributed by atoms with Crippen LogP contribution in [0.2, 0.25) is 5.02 Å². The van der Waals surface area contributed by atoms with Crippen LogP contribution in [0.25, 0.3) is 0 Å². The van der Waals surface area contributed by atoms with Gasteiger partial charge in [-0.2, -0.15) is 0 Å². The van der Waals surface area contributed by atoms with Crippen molar-refractivity contribution in [3.8, 4) is 0 Å². The number of hydrogen-bond donors (Lipinski definition) is 1. The summed E-state index contributed by atoms with van der Waals surface area (Å²) in [5, 5.41) is 0.815. The normalized spacial score (nSPS) is 12.4. The van der Waals surface area contributed by atoms with Crippen LogP contribution in [0.5, 0.6) is 0 Å². The molecule has 0 aliphatic heterocycles. The van der Waals surface area contributed by atoms with Gasteiger partial charge in [0.2, 0.25) is 0 Å². The Balaban J connectivity index is 2.39. The molecule has 2 aromatic rings. The third kappa shape index (κ3) is 2.87. The van der Waals surface area contributed by atoms with Crippen molar-refractivity contribution < 1.29 is 0 Å². The van der Waals surface area contributed by atoms with Crippen LogP contribution in [0.4, 0.5) is 0 Å². The van der Waals surface area contributed by atoms with Gasteiger partial charge < -0.3 is 5.73 Å². The van der Waals surface area contributed by atoms with Crippen molar-refractivity contribution in [1.82, 2.24) is 0 Å². The zero-order valence-corrected chi connectivity index (χ0v) is 10.4. The summed E-state index contributed by atoms with van der Waals surface area (Å²) >= 11 is 6.26. The van der Waals surface area contributed by atoms with E-state index in [9.17, 15) is 0 Å². The van der Waals surface area contributed by atoms with E-state index in [1.54, 1.807) is 0 Å². The summed E-state index contributed by atoms with van der Waals surface area (Å²) in [6.45, 7) is 0.658. The molecule has 2 heteroatoms. The summed E-state index contributed by atoms with van der Waals surface area (Å²) in [7, 11) is 0. The van der Waals surface area contributed by atoms with E-state index in [-0.39, 0.29) is 5.92 Å². The van der Waals surface area contributed by atoms with Crippen LogP contribution in [0, 0.1) is 0 Å². The molecule has 0 fully saturated rings. The first-order chi connectivity index (χ1) is 8.33. The second kappa shape index (κ2) is 5.85. The minimum atomic E-state index is 0.287. The highest BCUT2D eigenvalue weighted by Crippen LogP contribution is 2.32. The molecule has 0 spiro atoms. The molecule has 1 unspecified atom stereocenters. The summed E-state index contributed by atoms with van der Waals surface area (Å²) in [5.41, 5.74) is 8.14. The van der Waals surface area contributed by atoms with Gasteiger partial charge in [-0.15, -0.1) is 0 Å². The van der Waals surface area contributed by atoms with Crippen LogP contribution in [-0.4, -0.2) is 6.54 Å². The van der Waals surface area contributed by atoms with Gasteiger partial charge >= 0.3 is 0 Å². The summed E-state index contributed by atoms with van der Waals surface area (Å²) < 4.78 is 0. The highest BCUT2D eigenvalue weighted by molar-refractivity contribution is 6.31. The Kier molecular flexibility index (Phi) is 4.18. The van der Waals surface area contributed by atoms with Crippen molar-refractivity contribution in [3.05, 3.63) is 70.7 Å². The summed E-state index contributed by atoms with van der Waals surface area (Å²) in [6, 6.07) is 18.4. The van der Waals surface area contributed by atoms with Crippen LogP contribution in [0.1, 0.15) is 23.5 Å². The Hall–Kier alpha value is -1.31. The molecule has 0 heterocycles. The number of nitrogens with two attached hydrogens (primary N) is 1. The highest BCUT2D eigenvalue weighted by Gasteiger charge is 2.15. The topological polar surface area (TPSA) is 26.0 Å². The molecular formula is C15H16ClN. The molecule has 1 atom stereocenters. The van der Waals surface area contributed by atoms with E-state index >= 15 is 0 Å². The van der Waals surface area contributed by atoms with Crippen LogP contribution in [-0.2, 0) is 0 Å². The summed E-state index contributed by atoms with van der Waals surface area (Å²) in [4.78, 5) is 0. The van der Waals surface area contributed by atoms with E-state index in [0.29, 0.717) is 6.54 Å². The van der Waals surface area contributed by atoms with Gasteiger partial charge in [0.1, 0.15) is 0 Å². The molecule has 0 radical (unpaired) electrons. The van der Waals surface area contributed by atoms with Crippen molar-refractivity contribution in [2.75, 3.05) is 6.54 Å². The average Bonchev–Trinajstić information content (AvgIpc) is 2.38. The van der Waals surface area contributed by atoms with Crippen LogP contribution >= 0.6 is 11.6 Å². The summed E-state index contributed by atoms with van der Waals surface area (Å²) in [5.74, 6) is 0.287. The maximum Gasteiger partial charge on any atom is 0.0444 e. The van der Waals surface area contributed by atoms with Crippen LogP contribution in [0.15, 0.2) is 54.6 Å². The molecule has 0 amide bonds. The first-order valence-corrected chi connectivity index (χ1v) is 6.20. The summed E-state index contributed by atoms with van der Waals surface area (Å²) in [6.07, 6.45) is 0.910. The highest BCUT2D eigenvalue weighted by atomic mass is 35.5. The van der Waals surface area contributed by atoms with Gasteiger partial charge in [-0.05, 0) is 30.2 Å². The van der Waals surface area contributed by atoms with Crippen molar-refractivity contribution in [2.45, 2.75) is 12.3 Å². The van der Waals surface area contributed by atoms with E-state index in [4.69, 9.17) is 17.3 Å². The van der Waals surface area contributed by atoms with Crippen LogP contribution in [0.3, 0.4) is 0 Å². The van der Waals surface area contributed by atoms with E-state index in [1.807, 2.05) is 24.3 Å². The monoisotopic (exact) mass is 245 g/mol. The average molecular weight is 246 g/mol. The molecule has 0 aromatic heterocycles. The third-order valence-electron chi connectivity index (χ3n) is 2.94. The maximum atomic E-state index is 6.26. The number of benzene rings is 2. The van der Waals surface area contributed by atoms with Gasteiger partial charge in [-0.1, -0.05) is 60.1 Å². The Morgan fingerprint density at radius 3 is 2.24 bits per heavy atom. The fourth-order valence-electron chi connectivity index (χ4n) is 2.11. The smallest absolute Gasteiger partial charge is 0.0444 e. The second-order valence-electron chi connectivity index (χ2n) is 4.06. The predicted octanol–water partition coefficient (Wildman–Crippen LogP) is 3.82. The van der Waals surface area contributed by atoms with Gasteiger partial charge in [0.15, 0.2) is 0 Å². The molecule has 0 saturated heterocycles. The molecule has 88 valence electrons. The lowest BCUT2D eigenvalue weighted by Crippen LogP contribution is -2.09. The van der Waals surface area contributed by atoms with Gasteiger partial charge in [0.25, 0.3) is 0 Å². The first kappa shape index (κ1) is 12.2. The lowest BCUT2D eigenvalue weighted by molar-refractivity contribution is 0.726. The number of hydrogen-bond acceptors (Lipinski definition) is 1. The lowest BCUT2D eigenvalue weighted by atomic mass is 9.88. The largest absolute Gasteiger partial charge is 0.330 e. The molecule has 2 rings (SSSR count). The van der Waals surface area contributed by atoms with E-state index in [1.165, 1.54) is 5.56 Å². The fourth-order valence-corrected chi connectivity index (χ4v) is 2.38. The third-order valence-corrected chi connectivity index (χ3v) is 3.28. The lowest BCUT2D eigenvalue weighted by Gasteiger charge is -2.18. The standard InChI is InChI=1S/C15H16ClN/c16-15-9-5-4-8-14(15)13(10-11-17)12-6-2-1-3-7-12/h1-9,13H,10-11,17H2. The molecule has 0 aliphatic rings. The Morgan fingerprint density at radius 1 is 0.941 bits per heavy atom. The Morgan fingerprint density at radius 2 is 1.59 bits per heavy atom. The SMILES string of the molecule is NCCC(c1ccccc1)c1ccccc1Cl. The van der Waals surface area contributed by atoms with E-state index in [2.05, 4.69) is 30.3 Å². The number of rotatable bonds is 4. The molecule has 17 heavy (non-hydrogen) atoms. The molecule has 0 bridgehead atoms. The van der Waals surface area contributed by atoms with Gasteiger partial charge in [-0.3, -0.25) is 0 Å². The van der Waals surface area contributed by atoms with Crippen molar-refractivity contribution in [3.63, 3.8) is 0 Å². The second-order valence-corrected chi connectivity index (χ2v) is 4.47. The molecule has 2 N–H and O–H groups in total. The molecule has 0 saturated carbocycles. The number of halogens is 1. The fraction of sp³-hybridized carbons (Fsp3) is 0.200.